The molecule has 1 saturated carbocycles. The van der Waals surface area contributed by atoms with E-state index in [2.05, 4.69) is 10.3 Å². The first-order valence-corrected chi connectivity index (χ1v) is 8.34. The molecule has 1 aliphatic rings. The van der Waals surface area contributed by atoms with E-state index >= 15 is 0 Å². The summed E-state index contributed by atoms with van der Waals surface area (Å²) in [5.74, 6) is -1.72. The molecule has 2 aromatic heterocycles. The summed E-state index contributed by atoms with van der Waals surface area (Å²) in [6, 6.07) is 0. The molecule has 2 heterocycles. The largest absolute Gasteiger partial charge is 0.480 e. The number of amides is 1. The van der Waals surface area contributed by atoms with E-state index in [0.717, 1.165) is 19.3 Å². The number of aromatic nitrogens is 2. The maximum Gasteiger partial charge on any atom is 0.329 e. The molecule has 1 amide bonds. The van der Waals surface area contributed by atoms with Crippen molar-refractivity contribution >= 4 is 28.2 Å². The van der Waals surface area contributed by atoms with Crippen molar-refractivity contribution in [2.75, 3.05) is 0 Å². The first kappa shape index (κ1) is 15.7. The normalized spacial score (nSPS) is 17.1. The number of nitrogens with zero attached hydrogens (tertiary/aromatic N) is 2. The quantitative estimate of drug-likeness (QED) is 0.887. The van der Waals surface area contributed by atoms with E-state index in [1.807, 2.05) is 0 Å². The Hall–Kier alpha value is -2.22. The monoisotopic (exact) mass is 335 g/mol. The van der Waals surface area contributed by atoms with Gasteiger partial charge in [-0.05, 0) is 19.8 Å². The Bertz CT molecular complexity index is 833. The number of carboxylic acid groups (broad SMARTS) is 1. The number of aryl methyl sites for hydroxylation is 1. The molecule has 0 aliphatic heterocycles. The predicted octanol–water partition coefficient (Wildman–Crippen LogP) is 1.58. The summed E-state index contributed by atoms with van der Waals surface area (Å²) in [5, 5.41) is 13.9. The van der Waals surface area contributed by atoms with Gasteiger partial charge in [0.2, 0.25) is 0 Å². The first-order valence-electron chi connectivity index (χ1n) is 7.46. The van der Waals surface area contributed by atoms with Gasteiger partial charge in [0.15, 0.2) is 4.96 Å². The molecule has 2 N–H and O–H groups in total. The Kier molecular flexibility index (Phi) is 3.93. The minimum Gasteiger partial charge on any atom is -0.480 e. The van der Waals surface area contributed by atoms with Crippen LogP contribution < -0.4 is 10.9 Å². The van der Waals surface area contributed by atoms with Crippen molar-refractivity contribution in [2.45, 2.75) is 44.6 Å². The lowest BCUT2D eigenvalue weighted by atomic mass is 9.81. The molecule has 7 nitrogen and oxygen atoms in total. The van der Waals surface area contributed by atoms with Crippen LogP contribution in [0.15, 0.2) is 16.4 Å². The summed E-state index contributed by atoms with van der Waals surface area (Å²) < 4.78 is 1.37. The fourth-order valence-corrected chi connectivity index (χ4v) is 3.84. The van der Waals surface area contributed by atoms with E-state index in [4.69, 9.17) is 0 Å². The van der Waals surface area contributed by atoms with Crippen LogP contribution in [-0.4, -0.2) is 31.9 Å². The average molecular weight is 335 g/mol. The molecular weight excluding hydrogens is 318 g/mol. The minimum absolute atomic E-state index is 0.129. The van der Waals surface area contributed by atoms with Crippen LogP contribution in [0.1, 0.15) is 48.2 Å². The highest BCUT2D eigenvalue weighted by Gasteiger charge is 2.41. The van der Waals surface area contributed by atoms with Crippen LogP contribution in [0.2, 0.25) is 0 Å². The van der Waals surface area contributed by atoms with E-state index < -0.39 is 23.0 Å². The molecule has 0 saturated heterocycles. The molecule has 0 atom stereocenters. The zero-order valence-corrected chi connectivity index (χ0v) is 13.5. The van der Waals surface area contributed by atoms with Gasteiger partial charge >= 0.3 is 5.97 Å². The molecule has 122 valence electrons. The number of carbonyl (C=O) groups excluding carboxylic acids is 1. The zero-order valence-electron chi connectivity index (χ0n) is 12.7. The van der Waals surface area contributed by atoms with Gasteiger partial charge in [0.25, 0.3) is 11.5 Å². The summed E-state index contributed by atoms with van der Waals surface area (Å²) in [4.78, 5) is 41.3. The van der Waals surface area contributed by atoms with Crippen LogP contribution in [-0.2, 0) is 4.79 Å². The highest BCUT2D eigenvalue weighted by molar-refractivity contribution is 7.15. The number of fused-ring (bicyclic) bond motifs is 1. The predicted molar refractivity (Wildman–Crippen MR) is 85.0 cm³/mol. The molecule has 0 unspecified atom stereocenters. The van der Waals surface area contributed by atoms with Gasteiger partial charge in [-0.3, -0.25) is 14.0 Å². The van der Waals surface area contributed by atoms with Gasteiger partial charge in [0.1, 0.15) is 11.1 Å². The number of hydrogen-bond donors (Lipinski definition) is 2. The second kappa shape index (κ2) is 5.77. The number of rotatable bonds is 3. The molecule has 1 fully saturated rings. The average Bonchev–Trinajstić information content (AvgIpc) is 2.90. The first-order chi connectivity index (χ1) is 10.9. The highest BCUT2D eigenvalue weighted by Crippen LogP contribution is 2.28. The lowest BCUT2D eigenvalue weighted by Gasteiger charge is -2.33. The Morgan fingerprint density at radius 1 is 1.35 bits per heavy atom. The maximum absolute atomic E-state index is 12.5. The van der Waals surface area contributed by atoms with Gasteiger partial charge < -0.3 is 10.4 Å². The number of thiazole rings is 1. The van der Waals surface area contributed by atoms with Gasteiger partial charge in [-0.2, -0.15) is 0 Å². The third-order valence-electron chi connectivity index (χ3n) is 4.33. The molecule has 0 spiro atoms. The number of carboxylic acids is 1. The second-order valence-electron chi connectivity index (χ2n) is 5.87. The van der Waals surface area contributed by atoms with Crippen LogP contribution in [0.4, 0.5) is 0 Å². The molecule has 0 aromatic carbocycles. The van der Waals surface area contributed by atoms with Gasteiger partial charge in [-0.15, -0.1) is 11.3 Å². The summed E-state index contributed by atoms with van der Waals surface area (Å²) in [7, 11) is 0. The number of hydrogen-bond acceptors (Lipinski definition) is 5. The SMILES string of the molecule is Cc1csc2ncc(C(=O)NC3(C(=O)O)CCCCC3)c(=O)n12. The summed E-state index contributed by atoms with van der Waals surface area (Å²) in [6.45, 7) is 1.76. The summed E-state index contributed by atoms with van der Waals surface area (Å²) in [6.07, 6.45) is 4.42. The molecule has 8 heteroatoms. The summed E-state index contributed by atoms with van der Waals surface area (Å²) >= 11 is 1.31. The lowest BCUT2D eigenvalue weighted by molar-refractivity contribution is -0.145. The number of aliphatic carboxylic acids is 1. The molecular formula is C15H17N3O4S. The molecule has 0 radical (unpaired) electrons. The number of nitrogens with one attached hydrogen (secondary N) is 1. The third-order valence-corrected chi connectivity index (χ3v) is 5.29. The third kappa shape index (κ3) is 2.63. The Balaban J connectivity index is 1.97. The molecule has 1 aliphatic carbocycles. The Labute approximate surface area is 136 Å². The Morgan fingerprint density at radius 2 is 2.04 bits per heavy atom. The van der Waals surface area contributed by atoms with Crippen molar-refractivity contribution < 1.29 is 14.7 Å². The zero-order chi connectivity index (χ0) is 16.6. The van der Waals surface area contributed by atoms with Crippen molar-refractivity contribution in [3.63, 3.8) is 0 Å². The molecule has 0 bridgehead atoms. The number of carbonyl (C=O) groups is 2. The van der Waals surface area contributed by atoms with Gasteiger partial charge in [0.05, 0.1) is 0 Å². The van der Waals surface area contributed by atoms with E-state index in [9.17, 15) is 19.5 Å². The van der Waals surface area contributed by atoms with Gasteiger partial charge in [0, 0.05) is 17.3 Å². The Morgan fingerprint density at radius 3 is 2.70 bits per heavy atom. The molecule has 3 rings (SSSR count). The maximum atomic E-state index is 12.5. The van der Waals surface area contributed by atoms with Crippen LogP contribution in [0.25, 0.3) is 4.96 Å². The van der Waals surface area contributed by atoms with Crippen molar-refractivity contribution in [3.8, 4) is 0 Å². The second-order valence-corrected chi connectivity index (χ2v) is 6.71. The lowest BCUT2D eigenvalue weighted by Crippen LogP contribution is -2.56. The van der Waals surface area contributed by atoms with E-state index in [-0.39, 0.29) is 5.56 Å². The fourth-order valence-electron chi connectivity index (χ4n) is 3.01. The smallest absolute Gasteiger partial charge is 0.329 e. The van der Waals surface area contributed by atoms with E-state index in [1.54, 1.807) is 12.3 Å². The van der Waals surface area contributed by atoms with E-state index in [0.29, 0.717) is 23.5 Å². The highest BCUT2D eigenvalue weighted by atomic mass is 32.1. The van der Waals surface area contributed by atoms with Crippen molar-refractivity contribution in [2.24, 2.45) is 0 Å². The van der Waals surface area contributed by atoms with Gasteiger partial charge in [-0.1, -0.05) is 19.3 Å². The van der Waals surface area contributed by atoms with Crippen LogP contribution in [0, 0.1) is 6.92 Å². The standard InChI is InChI=1S/C15H17N3O4S/c1-9-8-23-14-16-7-10(12(20)18(9)14)11(19)17-15(13(21)22)5-3-2-4-6-15/h7-8H,2-6H2,1H3,(H,17,19)(H,21,22). The fraction of sp³-hybridized carbons (Fsp3) is 0.467. The van der Waals surface area contributed by atoms with Crippen LogP contribution in [0.5, 0.6) is 0 Å². The topological polar surface area (TPSA) is 101 Å². The van der Waals surface area contributed by atoms with Gasteiger partial charge in [-0.25, -0.2) is 9.78 Å². The van der Waals surface area contributed by atoms with Crippen molar-refractivity contribution in [3.05, 3.63) is 33.2 Å². The van der Waals surface area contributed by atoms with E-state index in [1.165, 1.54) is 21.9 Å². The van der Waals surface area contributed by atoms with Crippen LogP contribution in [0.3, 0.4) is 0 Å². The molecule has 2 aromatic rings. The van der Waals surface area contributed by atoms with Crippen LogP contribution >= 0.6 is 11.3 Å². The molecule has 23 heavy (non-hydrogen) atoms. The summed E-state index contributed by atoms with van der Waals surface area (Å²) in [5.41, 5.74) is -1.19. The van der Waals surface area contributed by atoms with Crippen molar-refractivity contribution in [1.29, 1.82) is 0 Å². The van der Waals surface area contributed by atoms with Crippen molar-refractivity contribution in [1.82, 2.24) is 14.7 Å². The minimum atomic E-state index is -1.29.